The van der Waals surface area contributed by atoms with Crippen molar-refractivity contribution in [1.29, 1.82) is 0 Å². The molecule has 2 rings (SSSR count). The quantitative estimate of drug-likeness (QED) is 0.711. The van der Waals surface area contributed by atoms with Gasteiger partial charge in [0.05, 0.1) is 0 Å². The van der Waals surface area contributed by atoms with Gasteiger partial charge in [-0.25, -0.2) is 9.97 Å². The monoisotopic (exact) mass is 284 g/mol. The number of hydrogen-bond acceptors (Lipinski definition) is 3. The van der Waals surface area contributed by atoms with Crippen LogP contribution < -0.4 is 0 Å². The van der Waals surface area contributed by atoms with Crippen molar-refractivity contribution in [3.05, 3.63) is 42.5 Å². The van der Waals surface area contributed by atoms with E-state index in [9.17, 15) is 5.11 Å². The molecule has 1 aromatic heterocycles. The maximum atomic E-state index is 9.29. The molecule has 3 nitrogen and oxygen atoms in total. The zero-order valence-corrected chi connectivity index (χ0v) is 12.8. The van der Waals surface area contributed by atoms with Gasteiger partial charge in [0.15, 0.2) is 0 Å². The Hall–Kier alpha value is -1.90. The van der Waals surface area contributed by atoms with Crippen LogP contribution in [0.2, 0.25) is 0 Å². The highest BCUT2D eigenvalue weighted by molar-refractivity contribution is 5.62. The Kier molecular flexibility index (Phi) is 6.20. The number of aromatic hydroxyl groups is 1. The second-order valence-corrected chi connectivity index (χ2v) is 5.45. The Bertz CT molecular complexity index is 520. The standard InChI is InChI=1S/C18H24N2O/c1-2-3-4-5-6-7-8-18-19-13-16(14-20-18)15-9-11-17(21)12-10-15/h9-14,21H,2-8H2,1H3. The van der Waals surface area contributed by atoms with E-state index in [1.54, 1.807) is 12.1 Å². The minimum Gasteiger partial charge on any atom is -0.508 e. The Morgan fingerprint density at radius 2 is 1.43 bits per heavy atom. The average molecular weight is 284 g/mol. The van der Waals surface area contributed by atoms with Crippen LogP contribution in [-0.4, -0.2) is 15.1 Å². The maximum absolute atomic E-state index is 9.29. The Balaban J connectivity index is 1.80. The van der Waals surface area contributed by atoms with Crippen molar-refractivity contribution in [2.45, 2.75) is 51.9 Å². The summed E-state index contributed by atoms with van der Waals surface area (Å²) in [5.74, 6) is 1.20. The van der Waals surface area contributed by atoms with Crippen LogP contribution in [0.5, 0.6) is 5.75 Å². The lowest BCUT2D eigenvalue weighted by Gasteiger charge is -2.04. The molecule has 0 spiro atoms. The first-order chi connectivity index (χ1) is 10.3. The van der Waals surface area contributed by atoms with Crippen LogP contribution in [0, 0.1) is 0 Å². The molecule has 0 fully saturated rings. The first kappa shape index (κ1) is 15.5. The number of benzene rings is 1. The summed E-state index contributed by atoms with van der Waals surface area (Å²) >= 11 is 0. The molecule has 0 amide bonds. The number of rotatable bonds is 8. The highest BCUT2D eigenvalue weighted by Crippen LogP contribution is 2.20. The van der Waals surface area contributed by atoms with Gasteiger partial charge < -0.3 is 5.11 Å². The lowest BCUT2D eigenvalue weighted by molar-refractivity contribution is 0.475. The first-order valence-electron chi connectivity index (χ1n) is 7.90. The normalized spacial score (nSPS) is 10.7. The summed E-state index contributed by atoms with van der Waals surface area (Å²) in [7, 11) is 0. The molecule has 0 aliphatic carbocycles. The minimum atomic E-state index is 0.277. The first-order valence-corrected chi connectivity index (χ1v) is 7.90. The van der Waals surface area contributed by atoms with Crippen LogP contribution in [0.15, 0.2) is 36.7 Å². The zero-order chi connectivity index (χ0) is 14.9. The molecule has 0 saturated heterocycles. The second kappa shape index (κ2) is 8.40. The largest absolute Gasteiger partial charge is 0.508 e. The third-order valence-corrected chi connectivity index (χ3v) is 3.66. The molecule has 0 saturated carbocycles. The van der Waals surface area contributed by atoms with Crippen molar-refractivity contribution in [2.24, 2.45) is 0 Å². The van der Waals surface area contributed by atoms with E-state index in [0.29, 0.717) is 0 Å². The molecule has 1 N–H and O–H groups in total. The minimum absolute atomic E-state index is 0.277. The number of unbranched alkanes of at least 4 members (excludes halogenated alkanes) is 5. The predicted octanol–water partition coefficient (Wildman–Crippen LogP) is 4.75. The van der Waals surface area contributed by atoms with E-state index < -0.39 is 0 Å². The van der Waals surface area contributed by atoms with E-state index in [0.717, 1.165) is 23.4 Å². The molecule has 0 unspecified atom stereocenters. The number of nitrogens with zero attached hydrogens (tertiary/aromatic N) is 2. The van der Waals surface area contributed by atoms with Crippen molar-refractivity contribution >= 4 is 0 Å². The summed E-state index contributed by atoms with van der Waals surface area (Å²) in [6.07, 6.45) is 12.4. The molecule has 2 aromatic rings. The predicted molar refractivity (Wildman–Crippen MR) is 86.2 cm³/mol. The molecule has 0 bridgehead atoms. The van der Waals surface area contributed by atoms with Crippen LogP contribution in [-0.2, 0) is 6.42 Å². The molecule has 21 heavy (non-hydrogen) atoms. The fourth-order valence-corrected chi connectivity index (χ4v) is 2.35. The van der Waals surface area contributed by atoms with Crippen molar-refractivity contribution in [3.8, 4) is 16.9 Å². The summed E-state index contributed by atoms with van der Waals surface area (Å²) in [6.45, 7) is 2.24. The molecule has 112 valence electrons. The Morgan fingerprint density at radius 3 is 2.10 bits per heavy atom. The molecule has 0 aliphatic rings. The SMILES string of the molecule is CCCCCCCCc1ncc(-c2ccc(O)cc2)cn1. The smallest absolute Gasteiger partial charge is 0.128 e. The molecule has 0 aliphatic heterocycles. The Labute approximate surface area is 127 Å². The molecular weight excluding hydrogens is 260 g/mol. The maximum Gasteiger partial charge on any atom is 0.128 e. The molecule has 3 heteroatoms. The van der Waals surface area contributed by atoms with E-state index in [1.165, 1.54) is 38.5 Å². The van der Waals surface area contributed by atoms with Gasteiger partial charge in [0.2, 0.25) is 0 Å². The van der Waals surface area contributed by atoms with Gasteiger partial charge >= 0.3 is 0 Å². The highest BCUT2D eigenvalue weighted by atomic mass is 16.3. The van der Waals surface area contributed by atoms with E-state index in [4.69, 9.17) is 0 Å². The lowest BCUT2D eigenvalue weighted by atomic mass is 10.1. The van der Waals surface area contributed by atoms with Crippen molar-refractivity contribution in [3.63, 3.8) is 0 Å². The Morgan fingerprint density at radius 1 is 0.810 bits per heavy atom. The van der Waals surface area contributed by atoms with Crippen LogP contribution >= 0.6 is 0 Å². The van der Waals surface area contributed by atoms with Gasteiger partial charge in [0.25, 0.3) is 0 Å². The summed E-state index contributed by atoms with van der Waals surface area (Å²) in [5.41, 5.74) is 2.01. The van der Waals surface area contributed by atoms with Crippen molar-refractivity contribution < 1.29 is 5.11 Å². The second-order valence-electron chi connectivity index (χ2n) is 5.45. The molecule has 0 radical (unpaired) electrons. The number of aryl methyl sites for hydroxylation is 1. The van der Waals surface area contributed by atoms with Gasteiger partial charge in [0.1, 0.15) is 11.6 Å². The highest BCUT2D eigenvalue weighted by Gasteiger charge is 2.01. The zero-order valence-electron chi connectivity index (χ0n) is 12.8. The average Bonchev–Trinajstić information content (AvgIpc) is 2.52. The van der Waals surface area contributed by atoms with Gasteiger partial charge in [-0.2, -0.15) is 0 Å². The number of hydrogen-bond donors (Lipinski definition) is 1. The number of phenolic OH excluding ortho intramolecular Hbond substituents is 1. The molecule has 0 atom stereocenters. The summed E-state index contributed by atoms with van der Waals surface area (Å²) in [6, 6.07) is 7.11. The lowest BCUT2D eigenvalue weighted by Crippen LogP contribution is -1.95. The third-order valence-electron chi connectivity index (χ3n) is 3.66. The fourth-order valence-electron chi connectivity index (χ4n) is 2.35. The topological polar surface area (TPSA) is 46.0 Å². The summed E-state index contributed by atoms with van der Waals surface area (Å²) in [4.78, 5) is 8.88. The van der Waals surface area contributed by atoms with Crippen LogP contribution in [0.1, 0.15) is 51.3 Å². The van der Waals surface area contributed by atoms with Gasteiger partial charge in [-0.05, 0) is 24.1 Å². The van der Waals surface area contributed by atoms with Gasteiger partial charge in [-0.1, -0.05) is 51.2 Å². The molecular formula is C18H24N2O. The summed E-state index contributed by atoms with van der Waals surface area (Å²) < 4.78 is 0. The van der Waals surface area contributed by atoms with Gasteiger partial charge in [-0.3, -0.25) is 0 Å². The van der Waals surface area contributed by atoms with E-state index in [1.807, 2.05) is 24.5 Å². The van der Waals surface area contributed by atoms with Crippen molar-refractivity contribution in [2.75, 3.05) is 0 Å². The molecule has 1 heterocycles. The fraction of sp³-hybridized carbons (Fsp3) is 0.444. The van der Waals surface area contributed by atoms with E-state index in [2.05, 4.69) is 16.9 Å². The van der Waals surface area contributed by atoms with E-state index in [-0.39, 0.29) is 5.75 Å². The third kappa shape index (κ3) is 5.18. The molecule has 1 aromatic carbocycles. The number of aromatic nitrogens is 2. The van der Waals surface area contributed by atoms with E-state index >= 15 is 0 Å². The summed E-state index contributed by atoms with van der Waals surface area (Å²) in [5, 5.41) is 9.29. The van der Waals surface area contributed by atoms with Gasteiger partial charge in [0, 0.05) is 24.4 Å². The van der Waals surface area contributed by atoms with Crippen molar-refractivity contribution in [1.82, 2.24) is 9.97 Å². The van der Waals surface area contributed by atoms with Crippen LogP contribution in [0.25, 0.3) is 11.1 Å². The number of phenols is 1. The van der Waals surface area contributed by atoms with Crippen LogP contribution in [0.4, 0.5) is 0 Å². The van der Waals surface area contributed by atoms with Gasteiger partial charge in [-0.15, -0.1) is 0 Å². The van der Waals surface area contributed by atoms with Crippen LogP contribution in [0.3, 0.4) is 0 Å².